The van der Waals surface area contributed by atoms with E-state index in [1.807, 2.05) is 39.0 Å². The molecule has 0 saturated heterocycles. The summed E-state index contributed by atoms with van der Waals surface area (Å²) in [5.41, 5.74) is 3.14. The zero-order valence-corrected chi connectivity index (χ0v) is 10.2. The number of hydrogen-bond donors (Lipinski definition) is 1. The Morgan fingerprint density at radius 1 is 1.35 bits per heavy atom. The number of carboxylic acid groups (broad SMARTS) is 1. The molecule has 1 heterocycles. The van der Waals surface area contributed by atoms with Gasteiger partial charge in [0.05, 0.1) is 11.1 Å². The van der Waals surface area contributed by atoms with Gasteiger partial charge in [0.1, 0.15) is 0 Å². The molecular weight excluding hydrogens is 214 g/mol. The first-order chi connectivity index (χ1) is 8.00. The number of aromatic nitrogens is 1. The molecule has 0 radical (unpaired) electrons. The third kappa shape index (κ3) is 2.00. The summed E-state index contributed by atoms with van der Waals surface area (Å²) < 4.78 is 0. The Balaban J connectivity index is 2.87. The second-order valence-electron chi connectivity index (χ2n) is 4.57. The molecule has 0 bridgehead atoms. The lowest BCUT2D eigenvalue weighted by Crippen LogP contribution is -2.06. The maximum absolute atomic E-state index is 11.2. The Bertz CT molecular complexity index is 588. The van der Waals surface area contributed by atoms with Gasteiger partial charge >= 0.3 is 5.97 Å². The van der Waals surface area contributed by atoms with Crippen LogP contribution < -0.4 is 0 Å². The third-order valence-corrected chi connectivity index (χ3v) is 2.87. The van der Waals surface area contributed by atoms with Gasteiger partial charge in [-0.3, -0.25) is 4.98 Å². The minimum Gasteiger partial charge on any atom is -0.478 e. The number of aryl methyl sites for hydroxylation is 1. The van der Waals surface area contributed by atoms with Crippen LogP contribution >= 0.6 is 0 Å². The number of fused-ring (bicyclic) bond motifs is 1. The van der Waals surface area contributed by atoms with Crippen molar-refractivity contribution in [3.63, 3.8) is 0 Å². The van der Waals surface area contributed by atoms with Crippen molar-refractivity contribution in [3.05, 3.63) is 41.1 Å². The summed E-state index contributed by atoms with van der Waals surface area (Å²) in [5.74, 6) is -0.752. The molecule has 1 aromatic carbocycles. The molecule has 0 amide bonds. The highest BCUT2D eigenvalue weighted by molar-refractivity contribution is 5.96. The molecule has 1 aromatic heterocycles. The zero-order valence-electron chi connectivity index (χ0n) is 10.2. The molecule has 0 aliphatic carbocycles. The molecule has 88 valence electrons. The number of nitrogens with zero attached hydrogens (tertiary/aromatic N) is 1. The van der Waals surface area contributed by atoms with Crippen molar-refractivity contribution < 1.29 is 9.90 Å². The summed E-state index contributed by atoms with van der Waals surface area (Å²) >= 11 is 0. The topological polar surface area (TPSA) is 50.2 Å². The molecule has 1 N–H and O–H groups in total. The molecule has 0 spiro atoms. The van der Waals surface area contributed by atoms with Crippen molar-refractivity contribution >= 4 is 16.9 Å². The minimum absolute atomic E-state index is 0.161. The van der Waals surface area contributed by atoms with Crippen LogP contribution in [0.1, 0.15) is 41.3 Å². The fourth-order valence-electron chi connectivity index (χ4n) is 2.12. The van der Waals surface area contributed by atoms with Crippen molar-refractivity contribution in [2.75, 3.05) is 0 Å². The Hall–Kier alpha value is -1.90. The summed E-state index contributed by atoms with van der Waals surface area (Å²) in [6, 6.07) is 5.92. The van der Waals surface area contributed by atoms with Crippen LogP contribution in [-0.4, -0.2) is 16.1 Å². The number of hydrogen-bond acceptors (Lipinski definition) is 2. The summed E-state index contributed by atoms with van der Waals surface area (Å²) in [4.78, 5) is 15.4. The minimum atomic E-state index is -0.912. The van der Waals surface area contributed by atoms with Crippen LogP contribution in [0.15, 0.2) is 24.4 Å². The molecule has 0 unspecified atom stereocenters. The van der Waals surface area contributed by atoms with Crippen LogP contribution in [0.2, 0.25) is 0 Å². The van der Waals surface area contributed by atoms with E-state index in [9.17, 15) is 9.90 Å². The van der Waals surface area contributed by atoms with E-state index in [2.05, 4.69) is 4.98 Å². The summed E-state index contributed by atoms with van der Waals surface area (Å²) in [6.45, 7) is 6.00. The third-order valence-electron chi connectivity index (χ3n) is 2.87. The first kappa shape index (κ1) is 11.6. The molecule has 2 rings (SSSR count). The lowest BCUT2D eigenvalue weighted by Gasteiger charge is -2.13. The SMILES string of the molecule is Cc1ccc2ncc(C(=O)O)c(C(C)C)c2c1. The van der Waals surface area contributed by atoms with E-state index in [0.717, 1.165) is 22.0 Å². The first-order valence-electron chi connectivity index (χ1n) is 5.63. The van der Waals surface area contributed by atoms with Crippen molar-refractivity contribution in [3.8, 4) is 0 Å². The predicted octanol–water partition coefficient (Wildman–Crippen LogP) is 3.36. The fourth-order valence-corrected chi connectivity index (χ4v) is 2.12. The largest absolute Gasteiger partial charge is 0.478 e. The second kappa shape index (κ2) is 4.17. The molecule has 0 fully saturated rings. The standard InChI is InChI=1S/C14H15NO2/c1-8(2)13-10-6-9(3)4-5-12(10)15-7-11(13)14(16)17/h4-8H,1-3H3,(H,16,17). The van der Waals surface area contributed by atoms with Gasteiger partial charge in [0.2, 0.25) is 0 Å². The molecule has 0 atom stereocenters. The normalized spacial score (nSPS) is 11.1. The van der Waals surface area contributed by atoms with Gasteiger partial charge in [-0.2, -0.15) is 0 Å². The molecule has 0 aliphatic heterocycles. The Morgan fingerprint density at radius 3 is 2.65 bits per heavy atom. The zero-order chi connectivity index (χ0) is 12.6. The quantitative estimate of drug-likeness (QED) is 0.859. The van der Waals surface area contributed by atoms with Crippen LogP contribution in [0.25, 0.3) is 10.9 Å². The number of aromatic carboxylic acids is 1. The Kier molecular flexibility index (Phi) is 2.84. The smallest absolute Gasteiger partial charge is 0.337 e. The van der Waals surface area contributed by atoms with Crippen molar-refractivity contribution in [2.45, 2.75) is 26.7 Å². The van der Waals surface area contributed by atoms with Crippen molar-refractivity contribution in [2.24, 2.45) is 0 Å². The highest BCUT2D eigenvalue weighted by atomic mass is 16.4. The van der Waals surface area contributed by atoms with E-state index < -0.39 is 5.97 Å². The van der Waals surface area contributed by atoms with Crippen molar-refractivity contribution in [1.29, 1.82) is 0 Å². The number of carbonyl (C=O) groups is 1. The fraction of sp³-hybridized carbons (Fsp3) is 0.286. The molecule has 2 aromatic rings. The van der Waals surface area contributed by atoms with Crippen LogP contribution in [0.5, 0.6) is 0 Å². The van der Waals surface area contributed by atoms with Crippen molar-refractivity contribution in [1.82, 2.24) is 4.98 Å². The lowest BCUT2D eigenvalue weighted by atomic mass is 9.93. The molecule has 0 saturated carbocycles. The van der Waals surface area contributed by atoms with Crippen LogP contribution in [-0.2, 0) is 0 Å². The average Bonchev–Trinajstić information content (AvgIpc) is 2.26. The molecule has 3 heteroatoms. The van der Waals surface area contributed by atoms with Gasteiger partial charge in [0.15, 0.2) is 0 Å². The van der Waals surface area contributed by atoms with Gasteiger partial charge in [-0.1, -0.05) is 25.5 Å². The molecule has 17 heavy (non-hydrogen) atoms. The first-order valence-corrected chi connectivity index (χ1v) is 5.63. The van der Waals surface area contributed by atoms with E-state index in [0.29, 0.717) is 5.56 Å². The average molecular weight is 229 g/mol. The summed E-state index contributed by atoms with van der Waals surface area (Å²) in [5, 5.41) is 10.1. The van der Waals surface area contributed by atoms with Crippen LogP contribution in [0.3, 0.4) is 0 Å². The predicted molar refractivity (Wildman–Crippen MR) is 67.5 cm³/mol. The van der Waals surface area contributed by atoms with E-state index in [1.54, 1.807) is 0 Å². The van der Waals surface area contributed by atoms with E-state index in [-0.39, 0.29) is 5.92 Å². The molecule has 3 nitrogen and oxygen atoms in total. The van der Waals surface area contributed by atoms with Crippen LogP contribution in [0.4, 0.5) is 0 Å². The number of carboxylic acids is 1. The van der Waals surface area contributed by atoms with Gasteiger partial charge in [-0.15, -0.1) is 0 Å². The number of benzene rings is 1. The maximum atomic E-state index is 11.2. The second-order valence-corrected chi connectivity index (χ2v) is 4.57. The van der Waals surface area contributed by atoms with Gasteiger partial charge in [0, 0.05) is 11.6 Å². The monoisotopic (exact) mass is 229 g/mol. The summed E-state index contributed by atoms with van der Waals surface area (Å²) in [7, 11) is 0. The maximum Gasteiger partial charge on any atom is 0.337 e. The van der Waals surface area contributed by atoms with Gasteiger partial charge in [-0.25, -0.2) is 4.79 Å². The number of pyridine rings is 1. The molecule has 0 aliphatic rings. The Labute approximate surface area is 100 Å². The highest BCUT2D eigenvalue weighted by Crippen LogP contribution is 2.28. The molecular formula is C14H15NO2. The van der Waals surface area contributed by atoms with E-state index >= 15 is 0 Å². The van der Waals surface area contributed by atoms with Gasteiger partial charge in [-0.05, 0) is 30.5 Å². The Morgan fingerprint density at radius 2 is 2.06 bits per heavy atom. The lowest BCUT2D eigenvalue weighted by molar-refractivity contribution is 0.0695. The highest BCUT2D eigenvalue weighted by Gasteiger charge is 2.16. The van der Waals surface area contributed by atoms with Crippen LogP contribution in [0, 0.1) is 6.92 Å². The van der Waals surface area contributed by atoms with Gasteiger partial charge < -0.3 is 5.11 Å². The number of rotatable bonds is 2. The van der Waals surface area contributed by atoms with E-state index in [1.165, 1.54) is 6.20 Å². The summed E-state index contributed by atoms with van der Waals surface area (Å²) in [6.07, 6.45) is 1.45. The van der Waals surface area contributed by atoms with E-state index in [4.69, 9.17) is 0 Å². The van der Waals surface area contributed by atoms with Gasteiger partial charge in [0.25, 0.3) is 0 Å².